The van der Waals surface area contributed by atoms with Crippen LogP contribution in [-0.2, 0) is 17.8 Å². The van der Waals surface area contributed by atoms with Crippen LogP contribution in [0.2, 0.25) is 0 Å². The highest BCUT2D eigenvalue weighted by Crippen LogP contribution is 2.25. The van der Waals surface area contributed by atoms with Gasteiger partial charge in [0.2, 0.25) is 0 Å². The van der Waals surface area contributed by atoms with Crippen LogP contribution in [0.5, 0.6) is 0 Å². The van der Waals surface area contributed by atoms with Crippen LogP contribution in [-0.4, -0.2) is 10.9 Å². The minimum absolute atomic E-state index is 0.491. The van der Waals surface area contributed by atoms with E-state index in [0.29, 0.717) is 6.42 Å². The number of nitrogens with zero attached hydrogens (tertiary/aromatic N) is 1. The smallest absolute Gasteiger partial charge is 0.124 e. The summed E-state index contributed by atoms with van der Waals surface area (Å²) in [7, 11) is 0. The van der Waals surface area contributed by atoms with Gasteiger partial charge in [-0.1, -0.05) is 22.0 Å². The maximum Gasteiger partial charge on any atom is 0.124 e. The summed E-state index contributed by atoms with van der Waals surface area (Å²) in [5, 5.41) is 1.17. The third-order valence-corrected chi connectivity index (χ3v) is 3.06. The second kappa shape index (κ2) is 4.19. The Kier molecular flexibility index (Phi) is 2.91. The Labute approximate surface area is 97.0 Å². The first-order valence-electron chi connectivity index (χ1n) is 4.97. The molecule has 2 rings (SSSR count). The van der Waals surface area contributed by atoms with Crippen molar-refractivity contribution in [2.45, 2.75) is 19.9 Å². The molecule has 15 heavy (non-hydrogen) atoms. The lowest BCUT2D eigenvalue weighted by Gasteiger charge is -1.99. The number of aryl methyl sites for hydroxylation is 1. The molecule has 0 atom stereocenters. The Bertz CT molecular complexity index is 502. The van der Waals surface area contributed by atoms with Crippen molar-refractivity contribution in [3.8, 4) is 0 Å². The van der Waals surface area contributed by atoms with Crippen LogP contribution in [0.15, 0.2) is 28.9 Å². The Morgan fingerprint density at radius 1 is 1.47 bits per heavy atom. The maximum absolute atomic E-state index is 10.6. The maximum atomic E-state index is 10.6. The molecule has 0 fully saturated rings. The zero-order valence-corrected chi connectivity index (χ0v) is 10.1. The Balaban J connectivity index is 2.69. The molecule has 3 heteroatoms. The van der Waals surface area contributed by atoms with Gasteiger partial charge in [-0.15, -0.1) is 0 Å². The molecule has 78 valence electrons. The zero-order valence-electron chi connectivity index (χ0n) is 8.53. The topological polar surface area (TPSA) is 22.0 Å². The lowest BCUT2D eigenvalue weighted by molar-refractivity contribution is -0.107. The first-order valence-corrected chi connectivity index (χ1v) is 5.76. The minimum atomic E-state index is 0.491. The minimum Gasteiger partial charge on any atom is -0.347 e. The summed E-state index contributed by atoms with van der Waals surface area (Å²) >= 11 is 3.46. The average molecular weight is 266 g/mol. The fraction of sp³-hybridized carbons (Fsp3) is 0.250. The predicted molar refractivity (Wildman–Crippen MR) is 65.1 cm³/mol. The molecule has 0 saturated heterocycles. The van der Waals surface area contributed by atoms with Crippen molar-refractivity contribution in [1.82, 2.24) is 4.57 Å². The van der Waals surface area contributed by atoms with E-state index in [-0.39, 0.29) is 0 Å². The standard InChI is InChI=1S/C12H12BrNO/c1-2-14-8-9(5-6-15)11-4-3-10(13)7-12(11)14/h3-4,6-8H,2,5H2,1H3. The van der Waals surface area contributed by atoms with Gasteiger partial charge >= 0.3 is 0 Å². The summed E-state index contributed by atoms with van der Waals surface area (Å²) in [6, 6.07) is 6.16. The van der Waals surface area contributed by atoms with E-state index < -0.39 is 0 Å². The Morgan fingerprint density at radius 2 is 2.27 bits per heavy atom. The van der Waals surface area contributed by atoms with Gasteiger partial charge in [0.25, 0.3) is 0 Å². The molecular weight excluding hydrogens is 254 g/mol. The largest absolute Gasteiger partial charge is 0.347 e. The molecule has 0 aliphatic carbocycles. The number of carbonyl (C=O) groups excluding carboxylic acids is 1. The lowest BCUT2D eigenvalue weighted by Crippen LogP contribution is -1.90. The number of rotatable bonds is 3. The molecule has 0 spiro atoms. The highest BCUT2D eigenvalue weighted by atomic mass is 79.9. The van der Waals surface area contributed by atoms with Crippen molar-refractivity contribution >= 4 is 33.1 Å². The van der Waals surface area contributed by atoms with Crippen molar-refractivity contribution in [2.75, 3.05) is 0 Å². The number of fused-ring (bicyclic) bond motifs is 1. The van der Waals surface area contributed by atoms with Gasteiger partial charge in [-0.2, -0.15) is 0 Å². The third-order valence-electron chi connectivity index (χ3n) is 2.57. The highest BCUT2D eigenvalue weighted by Gasteiger charge is 2.07. The van der Waals surface area contributed by atoms with E-state index in [1.54, 1.807) is 0 Å². The summed E-state index contributed by atoms with van der Waals surface area (Å²) < 4.78 is 3.24. The number of carbonyl (C=O) groups is 1. The van der Waals surface area contributed by atoms with E-state index in [1.165, 1.54) is 10.9 Å². The molecule has 0 bridgehead atoms. The highest BCUT2D eigenvalue weighted by molar-refractivity contribution is 9.10. The molecule has 1 aromatic carbocycles. The van der Waals surface area contributed by atoms with Gasteiger partial charge in [-0.05, 0) is 24.6 Å². The fourth-order valence-corrected chi connectivity index (χ4v) is 2.20. The zero-order chi connectivity index (χ0) is 10.8. The Hall–Kier alpha value is -1.09. The predicted octanol–water partition coefficient (Wildman–Crippen LogP) is 3.17. The number of hydrogen-bond donors (Lipinski definition) is 0. The van der Waals surface area contributed by atoms with Crippen LogP contribution in [0.3, 0.4) is 0 Å². The van der Waals surface area contributed by atoms with Crippen molar-refractivity contribution in [3.05, 3.63) is 34.4 Å². The molecule has 0 radical (unpaired) electrons. The molecule has 1 aromatic heterocycles. The lowest BCUT2D eigenvalue weighted by atomic mass is 10.1. The van der Waals surface area contributed by atoms with Crippen LogP contribution >= 0.6 is 15.9 Å². The number of hydrogen-bond acceptors (Lipinski definition) is 1. The molecule has 2 aromatic rings. The van der Waals surface area contributed by atoms with Crippen molar-refractivity contribution in [1.29, 1.82) is 0 Å². The normalized spacial score (nSPS) is 10.8. The van der Waals surface area contributed by atoms with Gasteiger partial charge in [0, 0.05) is 34.5 Å². The van der Waals surface area contributed by atoms with Crippen LogP contribution in [0.1, 0.15) is 12.5 Å². The number of halogens is 1. The second-order valence-electron chi connectivity index (χ2n) is 3.47. The SMILES string of the molecule is CCn1cc(CC=O)c2ccc(Br)cc21. The van der Waals surface area contributed by atoms with E-state index >= 15 is 0 Å². The summed E-state index contributed by atoms with van der Waals surface area (Å²) in [6.45, 7) is 3.02. The van der Waals surface area contributed by atoms with E-state index in [0.717, 1.165) is 22.9 Å². The van der Waals surface area contributed by atoms with Crippen molar-refractivity contribution < 1.29 is 4.79 Å². The van der Waals surface area contributed by atoms with Gasteiger partial charge in [-0.3, -0.25) is 0 Å². The van der Waals surface area contributed by atoms with Gasteiger partial charge in [-0.25, -0.2) is 0 Å². The molecule has 1 heterocycles. The number of benzene rings is 1. The molecular formula is C12H12BrNO. The average Bonchev–Trinajstić information content (AvgIpc) is 2.56. The summed E-state index contributed by atoms with van der Waals surface area (Å²) in [5.74, 6) is 0. The molecule has 2 nitrogen and oxygen atoms in total. The molecule has 0 saturated carbocycles. The van der Waals surface area contributed by atoms with Crippen LogP contribution in [0.25, 0.3) is 10.9 Å². The summed E-state index contributed by atoms with van der Waals surface area (Å²) in [5.41, 5.74) is 2.29. The molecule has 0 unspecified atom stereocenters. The van der Waals surface area contributed by atoms with Crippen LogP contribution in [0.4, 0.5) is 0 Å². The number of aldehydes is 1. The first kappa shape index (κ1) is 10.4. The quantitative estimate of drug-likeness (QED) is 0.782. The van der Waals surface area contributed by atoms with Gasteiger partial charge in [0.05, 0.1) is 0 Å². The Morgan fingerprint density at radius 3 is 2.93 bits per heavy atom. The first-order chi connectivity index (χ1) is 7.26. The van der Waals surface area contributed by atoms with Crippen LogP contribution in [0, 0.1) is 0 Å². The molecule has 0 aliphatic rings. The fourth-order valence-electron chi connectivity index (χ4n) is 1.86. The summed E-state index contributed by atoms with van der Waals surface area (Å²) in [6.07, 6.45) is 3.51. The second-order valence-corrected chi connectivity index (χ2v) is 4.39. The van der Waals surface area contributed by atoms with E-state index in [2.05, 4.69) is 45.8 Å². The monoisotopic (exact) mass is 265 g/mol. The molecule has 0 aliphatic heterocycles. The van der Waals surface area contributed by atoms with Crippen molar-refractivity contribution in [2.24, 2.45) is 0 Å². The summed E-state index contributed by atoms with van der Waals surface area (Å²) in [4.78, 5) is 10.6. The third kappa shape index (κ3) is 1.84. The van der Waals surface area contributed by atoms with E-state index in [1.807, 2.05) is 6.07 Å². The molecule has 0 N–H and O–H groups in total. The van der Waals surface area contributed by atoms with E-state index in [9.17, 15) is 4.79 Å². The van der Waals surface area contributed by atoms with Gasteiger partial charge < -0.3 is 9.36 Å². The van der Waals surface area contributed by atoms with Crippen LogP contribution < -0.4 is 0 Å². The van der Waals surface area contributed by atoms with Gasteiger partial charge in [0.15, 0.2) is 0 Å². The van der Waals surface area contributed by atoms with Crippen molar-refractivity contribution in [3.63, 3.8) is 0 Å². The number of aromatic nitrogens is 1. The molecule has 0 amide bonds. The van der Waals surface area contributed by atoms with Gasteiger partial charge in [0.1, 0.15) is 6.29 Å². The van der Waals surface area contributed by atoms with E-state index in [4.69, 9.17) is 0 Å².